The van der Waals surface area contributed by atoms with E-state index in [1.165, 1.54) is 0 Å². The molecule has 0 spiro atoms. The van der Waals surface area contributed by atoms with E-state index >= 15 is 0 Å². The van der Waals surface area contributed by atoms with Gasteiger partial charge in [-0.3, -0.25) is 0 Å². The van der Waals surface area contributed by atoms with Gasteiger partial charge in [0.25, 0.3) is 0 Å². The Kier molecular flexibility index (Phi) is 26.3. The fourth-order valence-electron chi connectivity index (χ4n) is 0. The number of phosphoric acid groups is 1. The fraction of sp³-hybridized carbons (Fsp3) is 0. The Morgan fingerprint density at radius 2 is 1.25 bits per heavy atom. The average molecular weight is 203 g/mol. The van der Waals surface area contributed by atoms with Gasteiger partial charge in [0.15, 0.2) is 0 Å². The van der Waals surface area contributed by atoms with Crippen molar-refractivity contribution in [1.82, 2.24) is 0 Å². The normalized spacial score (nSPS) is 7.38. The van der Waals surface area contributed by atoms with Crippen molar-refractivity contribution >= 4 is 30.9 Å². The van der Waals surface area contributed by atoms with Crippen LogP contribution in [0.1, 0.15) is 4.28 Å². The largest absolute Gasteiger partial charge is 2.00 e. The van der Waals surface area contributed by atoms with Crippen LogP contribution in [0.15, 0.2) is 0 Å². The molecular weight excluding hydrogens is 197 g/mol. The zero-order valence-electron chi connectivity index (χ0n) is 7.28. The van der Waals surface area contributed by atoms with E-state index in [4.69, 9.17) is 19.2 Å². The second-order valence-corrected chi connectivity index (χ2v) is 1.54. The summed E-state index contributed by atoms with van der Waals surface area (Å²) in [6, 6.07) is 0. The van der Waals surface area contributed by atoms with Crippen molar-refractivity contribution in [3.63, 3.8) is 0 Å². The molecule has 0 fully saturated rings. The SMILES string of the molecule is O=P(O)(O)O.[H-].[H-].[H-].[Mg+2].[Mn].[Na+]. The molecule has 8 heavy (non-hydrogen) atoms. The van der Waals surface area contributed by atoms with E-state index in [0.29, 0.717) is 0 Å². The van der Waals surface area contributed by atoms with Crippen molar-refractivity contribution in [3.05, 3.63) is 0 Å². The Hall–Kier alpha value is 2.40. The average Bonchev–Trinajstić information content (AvgIpc) is 0.722. The summed E-state index contributed by atoms with van der Waals surface area (Å²) < 4.78 is 8.88. The van der Waals surface area contributed by atoms with Gasteiger partial charge in [0.05, 0.1) is 0 Å². The summed E-state index contributed by atoms with van der Waals surface area (Å²) in [6.45, 7) is 0. The molecule has 0 aromatic rings. The molecule has 0 amide bonds. The molecule has 0 saturated carbocycles. The molecule has 8 heteroatoms. The minimum Gasteiger partial charge on any atom is -1.00 e. The molecule has 0 aromatic heterocycles. The first-order valence-corrected chi connectivity index (χ1v) is 2.35. The quantitative estimate of drug-likeness (QED) is 0.277. The van der Waals surface area contributed by atoms with Crippen LogP contribution in [0.25, 0.3) is 0 Å². The van der Waals surface area contributed by atoms with Gasteiger partial charge in [0, 0.05) is 17.1 Å². The van der Waals surface area contributed by atoms with Gasteiger partial charge in [-0.15, -0.1) is 0 Å². The first-order chi connectivity index (χ1) is 2.00. The number of rotatable bonds is 0. The van der Waals surface area contributed by atoms with Crippen molar-refractivity contribution in [2.45, 2.75) is 0 Å². The van der Waals surface area contributed by atoms with Crippen molar-refractivity contribution < 1.29 is 70.2 Å². The Balaban J connectivity index is -0.00000000533. The van der Waals surface area contributed by atoms with Crippen molar-refractivity contribution in [3.8, 4) is 0 Å². The molecule has 0 aliphatic heterocycles. The van der Waals surface area contributed by atoms with Crippen LogP contribution in [0, 0.1) is 0 Å². The molecule has 0 rings (SSSR count). The van der Waals surface area contributed by atoms with Crippen LogP contribution < -0.4 is 29.6 Å². The Morgan fingerprint density at radius 3 is 1.25 bits per heavy atom. The van der Waals surface area contributed by atoms with E-state index in [9.17, 15) is 0 Å². The molecule has 3 N–H and O–H groups in total. The van der Waals surface area contributed by atoms with Crippen LogP contribution in [-0.4, -0.2) is 37.7 Å². The first kappa shape index (κ1) is 22.4. The van der Waals surface area contributed by atoms with E-state index in [0.717, 1.165) is 0 Å². The molecule has 0 aromatic carbocycles. The molecule has 0 saturated heterocycles. The van der Waals surface area contributed by atoms with Gasteiger partial charge in [0.1, 0.15) is 0 Å². The van der Waals surface area contributed by atoms with Crippen LogP contribution in [0.3, 0.4) is 0 Å². The predicted octanol–water partition coefficient (Wildman–Crippen LogP) is -3.97. The molecule has 45 valence electrons. The zero-order chi connectivity index (χ0) is 4.50. The maximum absolute atomic E-state index is 8.88. The molecule has 4 nitrogen and oxygen atoms in total. The topological polar surface area (TPSA) is 77.8 Å². The first-order valence-electron chi connectivity index (χ1n) is 0.783. The Bertz CT molecular complexity index is 71.5. The van der Waals surface area contributed by atoms with Gasteiger partial charge in [-0.25, -0.2) is 4.57 Å². The van der Waals surface area contributed by atoms with Crippen molar-refractivity contribution in [1.29, 1.82) is 0 Å². The minimum atomic E-state index is -4.64. The predicted molar refractivity (Wildman–Crippen MR) is 23.4 cm³/mol. The molecule has 0 aliphatic carbocycles. The van der Waals surface area contributed by atoms with Crippen LogP contribution in [0.4, 0.5) is 0 Å². The Labute approximate surface area is 100 Å². The van der Waals surface area contributed by atoms with Gasteiger partial charge in [-0.05, 0) is 0 Å². The van der Waals surface area contributed by atoms with E-state index < -0.39 is 7.82 Å². The molecule has 0 atom stereocenters. The summed E-state index contributed by atoms with van der Waals surface area (Å²) >= 11 is 0. The molecule has 0 bridgehead atoms. The van der Waals surface area contributed by atoms with Gasteiger partial charge < -0.3 is 19.0 Å². The summed E-state index contributed by atoms with van der Waals surface area (Å²) in [6.07, 6.45) is 0. The summed E-state index contributed by atoms with van der Waals surface area (Å²) in [5, 5.41) is 0. The molecule has 1 radical (unpaired) electrons. The monoisotopic (exact) mass is 203 g/mol. The standard InChI is InChI=1S/Mg.Mn.Na.H3O4P.3H/c;;;1-5(2,3)4;;;/h;;;(H3,1,2,3,4);;;/q+2;;+1;;3*-1. The van der Waals surface area contributed by atoms with Crippen molar-refractivity contribution in [2.24, 2.45) is 0 Å². The van der Waals surface area contributed by atoms with Crippen LogP contribution in [0.2, 0.25) is 0 Å². The smallest absolute Gasteiger partial charge is 1.00 e. The second kappa shape index (κ2) is 9.40. The van der Waals surface area contributed by atoms with E-state index in [-0.39, 0.29) is 74.0 Å². The van der Waals surface area contributed by atoms with Crippen molar-refractivity contribution in [2.75, 3.05) is 0 Å². The Morgan fingerprint density at radius 1 is 1.25 bits per heavy atom. The van der Waals surface area contributed by atoms with E-state index in [1.54, 1.807) is 0 Å². The molecular formula is H6MgMnNaO4P. The summed E-state index contributed by atoms with van der Waals surface area (Å²) in [7, 11) is -4.64. The van der Waals surface area contributed by atoms with E-state index in [1.807, 2.05) is 0 Å². The maximum Gasteiger partial charge on any atom is 2.00 e. The zero-order valence-corrected chi connectivity index (χ0v) is 9.77. The third kappa shape index (κ3) is 80.0. The van der Waals surface area contributed by atoms with Gasteiger partial charge in [-0.2, -0.15) is 0 Å². The van der Waals surface area contributed by atoms with Crippen LogP contribution >= 0.6 is 7.82 Å². The third-order valence-electron chi connectivity index (χ3n) is 0. The fourth-order valence-corrected chi connectivity index (χ4v) is 0. The number of hydrogen-bond donors (Lipinski definition) is 3. The van der Waals surface area contributed by atoms with Gasteiger partial charge in [0.2, 0.25) is 0 Å². The number of hydrogen-bond acceptors (Lipinski definition) is 1. The molecule has 0 heterocycles. The van der Waals surface area contributed by atoms with E-state index in [2.05, 4.69) is 0 Å². The summed E-state index contributed by atoms with van der Waals surface area (Å²) in [4.78, 5) is 21.6. The third-order valence-corrected chi connectivity index (χ3v) is 0. The maximum atomic E-state index is 8.88. The molecule has 0 aliphatic rings. The van der Waals surface area contributed by atoms with Crippen LogP contribution in [0.5, 0.6) is 0 Å². The van der Waals surface area contributed by atoms with Gasteiger partial charge in [-0.1, -0.05) is 0 Å². The second-order valence-electron chi connectivity index (χ2n) is 0.513. The molecule has 0 unspecified atom stereocenters. The minimum absolute atomic E-state index is 0. The summed E-state index contributed by atoms with van der Waals surface area (Å²) in [5.74, 6) is 0. The van der Waals surface area contributed by atoms with Crippen LogP contribution in [-0.2, 0) is 21.6 Å². The summed E-state index contributed by atoms with van der Waals surface area (Å²) in [5.41, 5.74) is 0. The van der Waals surface area contributed by atoms with Gasteiger partial charge >= 0.3 is 60.4 Å².